The summed E-state index contributed by atoms with van der Waals surface area (Å²) in [5.74, 6) is 1.34. The third-order valence-corrected chi connectivity index (χ3v) is 5.90. The molecule has 0 spiro atoms. The number of fused-ring (bicyclic) bond motifs is 1. The molecular formula is C28H47N7O4. The van der Waals surface area contributed by atoms with Gasteiger partial charge in [0.05, 0.1) is 6.54 Å². The van der Waals surface area contributed by atoms with Crippen LogP contribution in [0.2, 0.25) is 0 Å². The van der Waals surface area contributed by atoms with Crippen molar-refractivity contribution in [3.8, 4) is 0 Å². The Morgan fingerprint density at radius 1 is 1.03 bits per heavy atom. The number of hydrogen-bond acceptors (Lipinski definition) is 10. The number of nitrogens with two attached hydrogens (primary N) is 1. The molecule has 1 amide bonds. The molecule has 0 unspecified atom stereocenters. The Labute approximate surface area is 233 Å². The van der Waals surface area contributed by atoms with E-state index in [9.17, 15) is 4.79 Å². The van der Waals surface area contributed by atoms with Gasteiger partial charge in [0.1, 0.15) is 12.5 Å². The normalized spacial score (nSPS) is 14.0. The van der Waals surface area contributed by atoms with Crippen molar-refractivity contribution in [2.45, 2.75) is 53.1 Å². The Morgan fingerprint density at radius 3 is 2.18 bits per heavy atom. The number of nitrogens with one attached hydrogen (secondary N) is 2. The first-order chi connectivity index (χ1) is 18.9. The highest BCUT2D eigenvalue weighted by atomic mass is 16.5. The Morgan fingerprint density at radius 2 is 1.62 bits per heavy atom. The number of nitrogen functional groups attached to an aromatic ring is 1. The lowest BCUT2D eigenvalue weighted by molar-refractivity contribution is -0.115. The zero-order chi connectivity index (χ0) is 29.0. The highest BCUT2D eigenvalue weighted by Crippen LogP contribution is 2.33. The molecule has 1 saturated heterocycles. The summed E-state index contributed by atoms with van der Waals surface area (Å²) < 4.78 is 9.08. The molecular weight excluding hydrogens is 498 g/mol. The molecule has 39 heavy (non-hydrogen) atoms. The molecule has 1 aromatic heterocycles. The van der Waals surface area contributed by atoms with Crippen LogP contribution in [-0.2, 0) is 32.2 Å². The Bertz CT molecular complexity index is 963. The number of rotatable bonds is 9. The number of amides is 1. The van der Waals surface area contributed by atoms with E-state index in [-0.39, 0.29) is 18.3 Å². The highest BCUT2D eigenvalue weighted by Gasteiger charge is 2.27. The zero-order valence-corrected chi connectivity index (χ0v) is 24.3. The van der Waals surface area contributed by atoms with Crippen LogP contribution in [0.15, 0.2) is 24.3 Å². The number of nitrogens with zero attached hydrogens (tertiary/aromatic N) is 4. The van der Waals surface area contributed by atoms with Crippen LogP contribution in [0.4, 0.5) is 23.3 Å². The average Bonchev–Trinajstić information content (AvgIpc) is 3.47. The number of likely N-dealkylation sites (tertiary alicyclic amines) is 1. The molecule has 2 aromatic rings. The molecule has 2 aliphatic rings. The maximum Gasteiger partial charge on any atom is 0.244 e. The van der Waals surface area contributed by atoms with E-state index in [4.69, 9.17) is 10.5 Å². The molecule has 0 radical (unpaired) electrons. The second-order valence-corrected chi connectivity index (χ2v) is 8.92. The number of benzene rings is 1. The first kappa shape index (κ1) is 33.7. The van der Waals surface area contributed by atoms with Crippen molar-refractivity contribution in [3.63, 3.8) is 0 Å². The average molecular weight is 546 g/mol. The van der Waals surface area contributed by atoms with Crippen molar-refractivity contribution in [1.29, 1.82) is 0 Å². The van der Waals surface area contributed by atoms with Crippen molar-refractivity contribution < 1.29 is 19.1 Å². The lowest BCUT2D eigenvalue weighted by Gasteiger charge is -2.30. The molecule has 4 N–H and O–H groups in total. The predicted molar refractivity (Wildman–Crippen MR) is 158 cm³/mol. The summed E-state index contributed by atoms with van der Waals surface area (Å²) in [6, 6.07) is 8.59. The van der Waals surface area contributed by atoms with Gasteiger partial charge in [0.15, 0.2) is 11.6 Å². The lowest BCUT2D eigenvalue weighted by Crippen LogP contribution is -2.39. The number of methoxy groups -OCH3 is 2. The molecule has 11 heteroatoms. The monoisotopic (exact) mass is 545 g/mol. The van der Waals surface area contributed by atoms with Gasteiger partial charge in [-0.05, 0) is 57.3 Å². The third-order valence-electron chi connectivity index (χ3n) is 5.90. The van der Waals surface area contributed by atoms with E-state index in [1.165, 1.54) is 31.5 Å². The van der Waals surface area contributed by atoms with E-state index in [0.29, 0.717) is 24.0 Å². The maximum atomic E-state index is 12.2. The van der Waals surface area contributed by atoms with Gasteiger partial charge < -0.3 is 35.5 Å². The van der Waals surface area contributed by atoms with E-state index >= 15 is 0 Å². The van der Waals surface area contributed by atoms with Gasteiger partial charge in [0.2, 0.25) is 11.9 Å². The number of aromatic nitrogens is 2. The second-order valence-electron chi connectivity index (χ2n) is 8.92. The summed E-state index contributed by atoms with van der Waals surface area (Å²) in [6.07, 6.45) is 3.54. The summed E-state index contributed by atoms with van der Waals surface area (Å²) >= 11 is 0. The smallest absolute Gasteiger partial charge is 0.244 e. The predicted octanol–water partition coefficient (Wildman–Crippen LogP) is 3.56. The summed E-state index contributed by atoms with van der Waals surface area (Å²) in [6.45, 7) is 14.6. The number of hydrogen-bond donors (Lipinski definition) is 3. The molecule has 0 bridgehead atoms. The van der Waals surface area contributed by atoms with Crippen LogP contribution >= 0.6 is 0 Å². The standard InChI is InChI=1S/C21H29N7O.2C3H8O.CH2O/c1-2-8-23-21-25-19(22)18-20(26-21)28(14-17(29)24-18)13-16-7-5-6-15(11-16)12-27-9-3-4-10-27;2*1-3-4-2;1-2/h5-7,11H,2-4,8-10,12-14H2,1H3,(H,24,29)(H3,22,23,25,26);2*3H2,1-2H3;1H2. The van der Waals surface area contributed by atoms with Crippen LogP contribution in [0.25, 0.3) is 0 Å². The summed E-state index contributed by atoms with van der Waals surface area (Å²) in [4.78, 5) is 33.6. The first-order valence-corrected chi connectivity index (χ1v) is 13.5. The van der Waals surface area contributed by atoms with Crippen LogP contribution in [0.3, 0.4) is 0 Å². The second kappa shape index (κ2) is 19.7. The van der Waals surface area contributed by atoms with Crippen molar-refractivity contribution in [2.75, 3.05) is 74.9 Å². The fourth-order valence-electron chi connectivity index (χ4n) is 3.93. The molecule has 11 nitrogen and oxygen atoms in total. The van der Waals surface area contributed by atoms with Gasteiger partial charge in [0, 0.05) is 47.1 Å². The molecule has 3 heterocycles. The van der Waals surface area contributed by atoms with E-state index in [1.807, 2.05) is 25.5 Å². The summed E-state index contributed by atoms with van der Waals surface area (Å²) in [7, 11) is 3.36. The van der Waals surface area contributed by atoms with Gasteiger partial charge in [-0.25, -0.2) is 0 Å². The van der Waals surface area contributed by atoms with Gasteiger partial charge in [-0.3, -0.25) is 9.69 Å². The summed E-state index contributed by atoms with van der Waals surface area (Å²) in [5.41, 5.74) is 9.07. The quantitative estimate of drug-likeness (QED) is 0.429. The number of anilines is 4. The molecule has 4 rings (SSSR count). The molecule has 0 atom stereocenters. The van der Waals surface area contributed by atoms with Crippen LogP contribution in [0, 0.1) is 0 Å². The van der Waals surface area contributed by atoms with Crippen LogP contribution < -0.4 is 21.3 Å². The molecule has 0 aliphatic carbocycles. The van der Waals surface area contributed by atoms with Gasteiger partial charge in [-0.2, -0.15) is 9.97 Å². The van der Waals surface area contributed by atoms with Crippen LogP contribution in [0.1, 0.15) is 51.2 Å². The van der Waals surface area contributed by atoms with E-state index in [1.54, 1.807) is 14.2 Å². The van der Waals surface area contributed by atoms with Gasteiger partial charge in [-0.15, -0.1) is 0 Å². The largest absolute Gasteiger partial charge is 0.385 e. The fraction of sp³-hybridized carbons (Fsp3) is 0.571. The van der Waals surface area contributed by atoms with Crippen LogP contribution in [-0.4, -0.2) is 81.2 Å². The Hall–Kier alpha value is -3.28. The maximum absolute atomic E-state index is 12.2. The Balaban J connectivity index is 0.000000663. The van der Waals surface area contributed by atoms with Gasteiger partial charge in [0.25, 0.3) is 0 Å². The topological polar surface area (TPSA) is 135 Å². The Kier molecular flexibility index (Phi) is 17.1. The van der Waals surface area contributed by atoms with Crippen molar-refractivity contribution in [2.24, 2.45) is 0 Å². The molecule has 1 fully saturated rings. The van der Waals surface area contributed by atoms with E-state index < -0.39 is 0 Å². The minimum Gasteiger partial charge on any atom is -0.385 e. The zero-order valence-electron chi connectivity index (χ0n) is 24.3. The molecule has 1 aromatic carbocycles. The van der Waals surface area contributed by atoms with Gasteiger partial charge >= 0.3 is 0 Å². The molecule has 218 valence electrons. The highest BCUT2D eigenvalue weighted by molar-refractivity contribution is 6.03. The lowest BCUT2D eigenvalue weighted by atomic mass is 10.1. The van der Waals surface area contributed by atoms with Crippen molar-refractivity contribution >= 4 is 36.0 Å². The van der Waals surface area contributed by atoms with Crippen molar-refractivity contribution in [1.82, 2.24) is 14.9 Å². The van der Waals surface area contributed by atoms with E-state index in [0.717, 1.165) is 38.3 Å². The van der Waals surface area contributed by atoms with Gasteiger partial charge in [-0.1, -0.05) is 31.2 Å². The number of carbonyl (C=O) groups excluding carboxylic acids is 2. The number of ether oxygens (including phenoxy) is 2. The molecule has 2 aliphatic heterocycles. The fourth-order valence-corrected chi connectivity index (χ4v) is 3.93. The third kappa shape index (κ3) is 12.0. The minimum atomic E-state index is -0.102. The van der Waals surface area contributed by atoms with E-state index in [2.05, 4.69) is 66.2 Å². The SMILES string of the molecule is C=O.CCCNc1nc(N)c2c(n1)N(Cc1cccc(CN3CCCC3)c1)CC(=O)N2.CCOC.CCOC. The van der Waals surface area contributed by atoms with Crippen molar-refractivity contribution in [3.05, 3.63) is 35.4 Å². The minimum absolute atomic E-state index is 0.102. The number of carbonyl (C=O) groups is 2. The van der Waals surface area contributed by atoms with Crippen LogP contribution in [0.5, 0.6) is 0 Å². The molecule has 0 saturated carbocycles. The first-order valence-electron chi connectivity index (χ1n) is 13.5. The summed E-state index contributed by atoms with van der Waals surface area (Å²) in [5, 5.41) is 6.01.